The molecule has 2 heterocycles. The van der Waals surface area contributed by atoms with Gasteiger partial charge in [-0.05, 0) is 32.4 Å². The zero-order valence-electron chi connectivity index (χ0n) is 20.0. The van der Waals surface area contributed by atoms with Gasteiger partial charge in [0.25, 0.3) is 5.91 Å². The summed E-state index contributed by atoms with van der Waals surface area (Å²) < 4.78 is 6.26. The zero-order chi connectivity index (χ0) is 24.1. The predicted octanol–water partition coefficient (Wildman–Crippen LogP) is 3.02. The third-order valence-corrected chi connectivity index (χ3v) is 5.84. The van der Waals surface area contributed by atoms with E-state index in [4.69, 9.17) is 4.74 Å². The second kappa shape index (κ2) is 10.7. The fourth-order valence-electron chi connectivity index (χ4n) is 3.82. The molecule has 8 nitrogen and oxygen atoms in total. The summed E-state index contributed by atoms with van der Waals surface area (Å²) >= 11 is 0. The first-order chi connectivity index (χ1) is 15.7. The lowest BCUT2D eigenvalue weighted by Crippen LogP contribution is -2.51. The van der Waals surface area contributed by atoms with E-state index in [1.807, 2.05) is 58.0 Å². The number of nitrogens with one attached hydrogen (secondary N) is 1. The van der Waals surface area contributed by atoms with Gasteiger partial charge in [-0.2, -0.15) is 0 Å². The number of aliphatic hydroxyl groups is 1. The molecule has 1 aromatic carbocycles. The van der Waals surface area contributed by atoms with Gasteiger partial charge in [-0.25, -0.2) is 9.78 Å². The van der Waals surface area contributed by atoms with E-state index < -0.39 is 0 Å². The van der Waals surface area contributed by atoms with Crippen LogP contribution in [0.1, 0.15) is 38.1 Å². The summed E-state index contributed by atoms with van der Waals surface area (Å²) in [6.07, 6.45) is 1.31. The van der Waals surface area contributed by atoms with Crippen LogP contribution >= 0.6 is 0 Å². The van der Waals surface area contributed by atoms with Gasteiger partial charge in [-0.1, -0.05) is 37.3 Å². The molecule has 0 unspecified atom stereocenters. The van der Waals surface area contributed by atoms with Crippen LogP contribution in [0.25, 0.3) is 11.1 Å². The minimum Gasteiger partial charge on any atom is -0.472 e. The minimum absolute atomic E-state index is 0.0212. The summed E-state index contributed by atoms with van der Waals surface area (Å²) in [6.45, 7) is 8.18. The SMILES string of the molecule is CC(C)NC(=O)N(C)C[C@@H]1Oc2ncc(-c3ccccc3)cc2C(=O)N([C@H](C)CO)C[C@@H]1C. The van der Waals surface area contributed by atoms with Crippen molar-refractivity contribution >= 4 is 11.9 Å². The number of benzene rings is 1. The normalized spacial score (nSPS) is 19.2. The molecule has 1 aromatic heterocycles. The molecule has 3 rings (SSSR count). The van der Waals surface area contributed by atoms with Crippen molar-refractivity contribution < 1.29 is 19.4 Å². The highest BCUT2D eigenvalue weighted by Crippen LogP contribution is 2.30. The molecule has 0 bridgehead atoms. The van der Waals surface area contributed by atoms with Crippen LogP contribution in [-0.4, -0.2) is 76.8 Å². The molecule has 178 valence electrons. The molecular weight excluding hydrogens is 420 g/mol. The van der Waals surface area contributed by atoms with Crippen LogP contribution in [0.4, 0.5) is 4.79 Å². The number of hydrogen-bond acceptors (Lipinski definition) is 5. The fourth-order valence-corrected chi connectivity index (χ4v) is 3.82. The molecular formula is C25H34N4O4. The molecule has 1 aliphatic heterocycles. The number of ether oxygens (including phenoxy) is 1. The van der Waals surface area contributed by atoms with E-state index in [1.165, 1.54) is 0 Å². The van der Waals surface area contributed by atoms with Gasteiger partial charge in [-0.15, -0.1) is 0 Å². The lowest BCUT2D eigenvalue weighted by molar-refractivity contribution is 0.0352. The number of likely N-dealkylation sites (N-methyl/N-ethyl adjacent to an activating group) is 1. The molecule has 0 saturated carbocycles. The quantitative estimate of drug-likeness (QED) is 0.700. The molecule has 0 radical (unpaired) electrons. The van der Waals surface area contributed by atoms with E-state index in [0.29, 0.717) is 18.7 Å². The largest absolute Gasteiger partial charge is 0.472 e. The Kier molecular flexibility index (Phi) is 7.92. The summed E-state index contributed by atoms with van der Waals surface area (Å²) in [6, 6.07) is 11.0. The summed E-state index contributed by atoms with van der Waals surface area (Å²) in [7, 11) is 1.72. The van der Waals surface area contributed by atoms with Gasteiger partial charge in [0, 0.05) is 37.3 Å². The van der Waals surface area contributed by atoms with Crippen LogP contribution in [-0.2, 0) is 0 Å². The van der Waals surface area contributed by atoms with Gasteiger partial charge < -0.3 is 25.0 Å². The first-order valence-corrected chi connectivity index (χ1v) is 11.4. The monoisotopic (exact) mass is 454 g/mol. The van der Waals surface area contributed by atoms with Gasteiger partial charge >= 0.3 is 6.03 Å². The Morgan fingerprint density at radius 2 is 1.97 bits per heavy atom. The Bertz CT molecular complexity index is 966. The third-order valence-electron chi connectivity index (χ3n) is 5.84. The molecule has 0 saturated heterocycles. The maximum atomic E-state index is 13.5. The van der Waals surface area contributed by atoms with Crippen molar-refractivity contribution in [3.63, 3.8) is 0 Å². The zero-order valence-corrected chi connectivity index (χ0v) is 20.0. The Morgan fingerprint density at radius 1 is 1.27 bits per heavy atom. The van der Waals surface area contributed by atoms with E-state index in [-0.39, 0.29) is 48.5 Å². The number of pyridine rings is 1. The molecule has 1 aliphatic rings. The highest BCUT2D eigenvalue weighted by atomic mass is 16.5. The molecule has 3 amide bonds. The van der Waals surface area contributed by atoms with E-state index in [2.05, 4.69) is 10.3 Å². The van der Waals surface area contributed by atoms with Crippen molar-refractivity contribution in [2.75, 3.05) is 26.7 Å². The number of carbonyl (C=O) groups is 2. The summed E-state index contributed by atoms with van der Waals surface area (Å²) in [5.41, 5.74) is 2.10. The van der Waals surface area contributed by atoms with Crippen LogP contribution < -0.4 is 10.1 Å². The molecule has 2 N–H and O–H groups in total. The number of aliphatic hydroxyl groups excluding tert-OH is 1. The summed E-state index contributed by atoms with van der Waals surface area (Å²) in [5.74, 6) is -0.0851. The van der Waals surface area contributed by atoms with E-state index >= 15 is 0 Å². The van der Waals surface area contributed by atoms with Gasteiger partial charge in [0.1, 0.15) is 11.7 Å². The number of aromatic nitrogens is 1. The molecule has 0 aliphatic carbocycles. The molecule has 33 heavy (non-hydrogen) atoms. The fraction of sp³-hybridized carbons (Fsp3) is 0.480. The van der Waals surface area contributed by atoms with Gasteiger partial charge in [0.15, 0.2) is 0 Å². The Labute approximate surface area is 195 Å². The Hall–Kier alpha value is -3.13. The molecule has 8 heteroatoms. The smallest absolute Gasteiger partial charge is 0.317 e. The van der Waals surface area contributed by atoms with E-state index in [1.54, 1.807) is 29.1 Å². The van der Waals surface area contributed by atoms with Gasteiger partial charge in [0.2, 0.25) is 5.88 Å². The number of carbonyl (C=O) groups excluding carboxylic acids is 2. The average molecular weight is 455 g/mol. The van der Waals surface area contributed by atoms with Gasteiger partial charge in [0.05, 0.1) is 19.2 Å². The van der Waals surface area contributed by atoms with Crippen LogP contribution in [0.15, 0.2) is 42.6 Å². The van der Waals surface area contributed by atoms with Crippen molar-refractivity contribution in [1.82, 2.24) is 20.1 Å². The number of nitrogens with zero attached hydrogens (tertiary/aromatic N) is 3. The summed E-state index contributed by atoms with van der Waals surface area (Å²) in [5, 5.41) is 12.7. The first kappa shape index (κ1) is 24.5. The van der Waals surface area contributed by atoms with Crippen molar-refractivity contribution in [3.8, 4) is 17.0 Å². The maximum Gasteiger partial charge on any atom is 0.317 e. The third kappa shape index (κ3) is 5.82. The number of rotatable bonds is 6. The van der Waals surface area contributed by atoms with Gasteiger partial charge in [-0.3, -0.25) is 4.79 Å². The van der Waals surface area contributed by atoms with E-state index in [9.17, 15) is 14.7 Å². The van der Waals surface area contributed by atoms with Crippen LogP contribution in [0.3, 0.4) is 0 Å². The lowest BCUT2D eigenvalue weighted by Gasteiger charge is -2.37. The van der Waals surface area contributed by atoms with E-state index in [0.717, 1.165) is 11.1 Å². The number of amides is 3. The second-order valence-corrected chi connectivity index (χ2v) is 9.05. The maximum absolute atomic E-state index is 13.5. The number of urea groups is 1. The van der Waals surface area contributed by atoms with Crippen molar-refractivity contribution in [3.05, 3.63) is 48.2 Å². The highest BCUT2D eigenvalue weighted by Gasteiger charge is 2.34. The Morgan fingerprint density at radius 3 is 2.61 bits per heavy atom. The summed E-state index contributed by atoms with van der Waals surface area (Å²) in [4.78, 5) is 33.7. The van der Waals surface area contributed by atoms with Crippen LogP contribution in [0.5, 0.6) is 5.88 Å². The predicted molar refractivity (Wildman–Crippen MR) is 127 cm³/mol. The standard InChI is InChI=1S/C25H34N4O4/c1-16(2)27-25(32)28(5)14-22-17(3)13-29(18(4)15-30)24(31)21-11-20(12-26-23(21)33-22)19-9-7-6-8-10-19/h6-12,16-18,22,30H,13-15H2,1-5H3,(H,27,32)/t17-,18+,22-/m0/s1. The van der Waals surface area contributed by atoms with Crippen molar-refractivity contribution in [1.29, 1.82) is 0 Å². The van der Waals surface area contributed by atoms with Crippen LogP contribution in [0.2, 0.25) is 0 Å². The first-order valence-electron chi connectivity index (χ1n) is 11.4. The Balaban J connectivity index is 1.97. The number of fused-ring (bicyclic) bond motifs is 1. The number of hydrogen-bond donors (Lipinski definition) is 2. The molecule has 0 spiro atoms. The molecule has 2 aromatic rings. The average Bonchev–Trinajstić information content (AvgIpc) is 2.80. The van der Waals surface area contributed by atoms with Crippen molar-refractivity contribution in [2.24, 2.45) is 5.92 Å². The lowest BCUT2D eigenvalue weighted by atomic mass is 9.99. The molecule has 3 atom stereocenters. The van der Waals surface area contributed by atoms with Crippen molar-refractivity contribution in [2.45, 2.75) is 45.9 Å². The topological polar surface area (TPSA) is 95.0 Å². The minimum atomic E-state index is -0.386. The highest BCUT2D eigenvalue weighted by molar-refractivity contribution is 5.98. The second-order valence-electron chi connectivity index (χ2n) is 9.05. The van der Waals surface area contributed by atoms with Crippen LogP contribution in [0, 0.1) is 5.92 Å². The molecule has 0 fully saturated rings.